The molecule has 0 aliphatic carbocycles. The Morgan fingerprint density at radius 3 is 2.32 bits per heavy atom. The van der Waals surface area contributed by atoms with E-state index in [1.54, 1.807) is 7.11 Å². The number of aliphatic carboxylic acids is 1. The molecule has 1 heterocycles. The summed E-state index contributed by atoms with van der Waals surface area (Å²) in [7, 11) is 3.67. The highest BCUT2D eigenvalue weighted by molar-refractivity contribution is 6.31. The first-order valence-electron chi connectivity index (χ1n) is 11.9. The summed E-state index contributed by atoms with van der Waals surface area (Å²) in [5.41, 5.74) is 4.01. The van der Waals surface area contributed by atoms with Gasteiger partial charge in [-0.15, -0.1) is 0 Å². The number of carboxylic acids is 1. The molecule has 0 radical (unpaired) electrons. The standard InChI is InChI=1S/C28H34ClNO4/c1-19(17-27(32)33)16-26(31)28-23-18-21(29)12-15-24(23)30(2)25(28)9-7-5-4-6-8-20-10-13-22(34-3)14-11-20/h10-15,18-19H,4-9,16-17H2,1-3H3,(H,32,33). The minimum absolute atomic E-state index is 0.00359. The summed E-state index contributed by atoms with van der Waals surface area (Å²) in [4.78, 5) is 24.3. The van der Waals surface area contributed by atoms with Gasteiger partial charge >= 0.3 is 5.97 Å². The number of carbonyl (C=O) groups is 2. The third-order valence-electron chi connectivity index (χ3n) is 6.41. The number of halogens is 1. The first-order valence-corrected chi connectivity index (χ1v) is 12.3. The third kappa shape index (κ3) is 6.63. The minimum Gasteiger partial charge on any atom is -0.497 e. The Labute approximate surface area is 206 Å². The van der Waals surface area contributed by atoms with E-state index in [-0.39, 0.29) is 24.5 Å². The van der Waals surface area contributed by atoms with Crippen molar-refractivity contribution >= 4 is 34.3 Å². The van der Waals surface area contributed by atoms with Crippen LogP contribution in [0.15, 0.2) is 42.5 Å². The second kappa shape index (κ2) is 12.1. The number of ether oxygens (including phenoxy) is 1. The molecule has 2 aromatic carbocycles. The summed E-state index contributed by atoms with van der Waals surface area (Å²) in [6, 6.07) is 13.9. The zero-order valence-corrected chi connectivity index (χ0v) is 21.0. The molecule has 0 amide bonds. The molecule has 0 aliphatic rings. The van der Waals surface area contributed by atoms with E-state index in [9.17, 15) is 9.59 Å². The van der Waals surface area contributed by atoms with Gasteiger partial charge < -0.3 is 14.4 Å². The second-order valence-electron chi connectivity index (χ2n) is 9.13. The van der Waals surface area contributed by atoms with Crippen LogP contribution in [-0.4, -0.2) is 28.5 Å². The smallest absolute Gasteiger partial charge is 0.303 e. The first-order chi connectivity index (χ1) is 16.3. The number of Topliss-reactive ketones (excluding diaryl/α,β-unsaturated/α-hetero) is 1. The third-order valence-corrected chi connectivity index (χ3v) is 6.64. The summed E-state index contributed by atoms with van der Waals surface area (Å²) in [5.74, 6) is -0.222. The molecular weight excluding hydrogens is 450 g/mol. The molecular formula is C28H34ClNO4. The molecule has 0 aliphatic heterocycles. The molecule has 6 heteroatoms. The number of ketones is 1. The predicted molar refractivity (Wildman–Crippen MR) is 137 cm³/mol. The van der Waals surface area contributed by atoms with Crippen molar-refractivity contribution in [2.24, 2.45) is 13.0 Å². The van der Waals surface area contributed by atoms with Gasteiger partial charge in [-0.2, -0.15) is 0 Å². The average Bonchev–Trinajstić information content (AvgIpc) is 3.06. The van der Waals surface area contributed by atoms with Gasteiger partial charge in [0, 0.05) is 47.1 Å². The number of unbranched alkanes of at least 4 members (excludes halogenated alkanes) is 3. The number of methoxy groups -OCH3 is 1. The maximum absolute atomic E-state index is 13.3. The van der Waals surface area contributed by atoms with Crippen molar-refractivity contribution in [2.75, 3.05) is 7.11 Å². The highest BCUT2D eigenvalue weighted by Gasteiger charge is 2.23. The van der Waals surface area contributed by atoms with E-state index in [0.29, 0.717) is 10.6 Å². The molecule has 0 saturated carbocycles. The largest absolute Gasteiger partial charge is 0.497 e. The van der Waals surface area contributed by atoms with E-state index in [2.05, 4.69) is 16.7 Å². The van der Waals surface area contributed by atoms with Gasteiger partial charge in [-0.1, -0.05) is 43.5 Å². The van der Waals surface area contributed by atoms with Gasteiger partial charge in [-0.3, -0.25) is 9.59 Å². The van der Waals surface area contributed by atoms with E-state index in [1.165, 1.54) is 5.56 Å². The highest BCUT2D eigenvalue weighted by Crippen LogP contribution is 2.31. The number of carboxylic acid groups (broad SMARTS) is 1. The molecule has 0 bridgehead atoms. The topological polar surface area (TPSA) is 68.5 Å². The fourth-order valence-electron chi connectivity index (χ4n) is 4.63. The van der Waals surface area contributed by atoms with Gasteiger partial charge in [0.1, 0.15) is 5.75 Å². The van der Waals surface area contributed by atoms with Crippen molar-refractivity contribution in [3.63, 3.8) is 0 Å². The average molecular weight is 484 g/mol. The van der Waals surface area contributed by atoms with Crippen LogP contribution >= 0.6 is 11.6 Å². The molecule has 1 aromatic heterocycles. The quantitative estimate of drug-likeness (QED) is 0.213. The van der Waals surface area contributed by atoms with Crippen molar-refractivity contribution in [2.45, 2.75) is 58.3 Å². The Balaban J connectivity index is 1.64. The highest BCUT2D eigenvalue weighted by atomic mass is 35.5. The lowest BCUT2D eigenvalue weighted by Crippen LogP contribution is -2.12. The van der Waals surface area contributed by atoms with Crippen LogP contribution in [0.4, 0.5) is 0 Å². The van der Waals surface area contributed by atoms with Gasteiger partial charge in [0.25, 0.3) is 0 Å². The minimum atomic E-state index is -0.879. The van der Waals surface area contributed by atoms with Crippen molar-refractivity contribution in [3.05, 3.63) is 64.3 Å². The lowest BCUT2D eigenvalue weighted by Gasteiger charge is -2.11. The number of aryl methyl sites for hydroxylation is 2. The Morgan fingerprint density at radius 1 is 1.00 bits per heavy atom. The summed E-state index contributed by atoms with van der Waals surface area (Å²) >= 11 is 6.26. The van der Waals surface area contributed by atoms with Crippen LogP contribution in [0.1, 0.15) is 67.1 Å². The van der Waals surface area contributed by atoms with Gasteiger partial charge in [0.2, 0.25) is 0 Å². The molecule has 3 rings (SSSR count). The number of hydrogen-bond donors (Lipinski definition) is 1. The molecule has 5 nitrogen and oxygen atoms in total. The summed E-state index contributed by atoms with van der Waals surface area (Å²) in [6.07, 6.45) is 6.37. The lowest BCUT2D eigenvalue weighted by molar-refractivity contribution is -0.137. The number of aromatic nitrogens is 1. The fourth-order valence-corrected chi connectivity index (χ4v) is 4.80. The van der Waals surface area contributed by atoms with E-state index >= 15 is 0 Å². The second-order valence-corrected chi connectivity index (χ2v) is 9.57. The number of hydrogen-bond acceptors (Lipinski definition) is 3. The number of fused-ring (bicyclic) bond motifs is 1. The van der Waals surface area contributed by atoms with Crippen LogP contribution < -0.4 is 4.74 Å². The fraction of sp³-hybridized carbons (Fsp3) is 0.429. The number of carbonyl (C=O) groups excluding carboxylic acids is 1. The van der Waals surface area contributed by atoms with Crippen molar-refractivity contribution in [1.82, 2.24) is 4.57 Å². The van der Waals surface area contributed by atoms with Crippen LogP contribution in [0.3, 0.4) is 0 Å². The van der Waals surface area contributed by atoms with Gasteiger partial charge in [0.05, 0.1) is 7.11 Å². The molecule has 34 heavy (non-hydrogen) atoms. The predicted octanol–water partition coefficient (Wildman–Crippen LogP) is 6.87. The maximum Gasteiger partial charge on any atom is 0.303 e. The summed E-state index contributed by atoms with van der Waals surface area (Å²) < 4.78 is 7.31. The maximum atomic E-state index is 13.3. The van der Waals surface area contributed by atoms with Crippen LogP contribution in [-0.2, 0) is 24.7 Å². The van der Waals surface area contributed by atoms with Crippen molar-refractivity contribution in [3.8, 4) is 5.75 Å². The van der Waals surface area contributed by atoms with E-state index < -0.39 is 5.97 Å². The van der Waals surface area contributed by atoms with Crippen molar-refractivity contribution < 1.29 is 19.4 Å². The zero-order valence-electron chi connectivity index (χ0n) is 20.3. The molecule has 1 unspecified atom stereocenters. The van der Waals surface area contributed by atoms with Gasteiger partial charge in [-0.25, -0.2) is 0 Å². The molecule has 0 saturated heterocycles. The van der Waals surface area contributed by atoms with Crippen LogP contribution in [0.2, 0.25) is 5.02 Å². The normalized spacial score (nSPS) is 12.1. The lowest BCUT2D eigenvalue weighted by atomic mass is 9.94. The van der Waals surface area contributed by atoms with Gasteiger partial charge in [0.15, 0.2) is 5.78 Å². The SMILES string of the molecule is COc1ccc(CCCCCCc2c(C(=O)CC(C)CC(=O)O)c3cc(Cl)ccc3n2C)cc1. The number of rotatable bonds is 13. The Morgan fingerprint density at radius 2 is 1.68 bits per heavy atom. The molecule has 0 spiro atoms. The molecule has 0 fully saturated rings. The summed E-state index contributed by atoms with van der Waals surface area (Å²) in [6.45, 7) is 1.81. The van der Waals surface area contributed by atoms with Crippen LogP contribution in [0.5, 0.6) is 5.75 Å². The molecule has 1 atom stereocenters. The van der Waals surface area contributed by atoms with E-state index in [4.69, 9.17) is 21.4 Å². The summed E-state index contributed by atoms with van der Waals surface area (Å²) in [5, 5.41) is 10.5. The van der Waals surface area contributed by atoms with E-state index in [1.807, 2.05) is 44.3 Å². The van der Waals surface area contributed by atoms with Crippen LogP contribution in [0, 0.1) is 5.92 Å². The zero-order chi connectivity index (χ0) is 24.7. The molecule has 1 N–H and O–H groups in total. The number of benzene rings is 2. The first kappa shape index (κ1) is 25.8. The molecule has 3 aromatic rings. The number of nitrogens with zero attached hydrogens (tertiary/aromatic N) is 1. The Kier molecular flexibility index (Phi) is 9.17. The Hall–Kier alpha value is -2.79. The Bertz CT molecular complexity index is 1130. The van der Waals surface area contributed by atoms with Crippen molar-refractivity contribution in [1.29, 1.82) is 0 Å². The van der Waals surface area contributed by atoms with Gasteiger partial charge in [-0.05, 0) is 67.5 Å². The molecule has 182 valence electrons. The van der Waals surface area contributed by atoms with Crippen LogP contribution in [0.25, 0.3) is 10.9 Å². The monoisotopic (exact) mass is 483 g/mol. The van der Waals surface area contributed by atoms with E-state index in [0.717, 1.165) is 60.9 Å².